The van der Waals surface area contributed by atoms with E-state index < -0.39 is 17.6 Å². The Kier molecular flexibility index (Phi) is 7.96. The summed E-state index contributed by atoms with van der Waals surface area (Å²) in [5.74, 6) is -0.458. The Bertz CT molecular complexity index is 516. The molecule has 7 heteroatoms. The lowest BCUT2D eigenvalue weighted by molar-refractivity contribution is -0.137. The first-order chi connectivity index (χ1) is 10.8. The third-order valence-electron chi connectivity index (χ3n) is 4.47. The molecule has 1 aliphatic rings. The second-order valence-corrected chi connectivity index (χ2v) is 6.23. The summed E-state index contributed by atoms with van der Waals surface area (Å²) < 4.78 is 53.4. The highest BCUT2D eigenvalue weighted by Gasteiger charge is 2.34. The van der Waals surface area contributed by atoms with E-state index in [4.69, 9.17) is 0 Å². The smallest absolute Gasteiger partial charge is 0.314 e. The Morgan fingerprint density at radius 1 is 1.21 bits per heavy atom. The molecule has 0 aromatic heterocycles. The summed E-state index contributed by atoms with van der Waals surface area (Å²) in [5, 5.41) is 3.23. The summed E-state index contributed by atoms with van der Waals surface area (Å²) in [4.78, 5) is 2.11. The Labute approximate surface area is 147 Å². The van der Waals surface area contributed by atoms with Gasteiger partial charge in [0.2, 0.25) is 0 Å². The van der Waals surface area contributed by atoms with Crippen molar-refractivity contribution in [3.05, 3.63) is 35.1 Å². The van der Waals surface area contributed by atoms with E-state index in [-0.39, 0.29) is 29.9 Å². The van der Waals surface area contributed by atoms with Crippen LogP contribution in [0.3, 0.4) is 0 Å². The maximum absolute atomic E-state index is 14.4. The number of piperazine rings is 1. The first kappa shape index (κ1) is 21.2. The zero-order valence-corrected chi connectivity index (χ0v) is 14.8. The lowest BCUT2D eigenvalue weighted by atomic mass is 9.88. The van der Waals surface area contributed by atoms with E-state index in [9.17, 15) is 17.6 Å². The van der Waals surface area contributed by atoms with Crippen LogP contribution in [-0.4, -0.2) is 31.1 Å². The highest BCUT2D eigenvalue weighted by atomic mass is 35.5. The molecule has 0 bridgehead atoms. The van der Waals surface area contributed by atoms with Gasteiger partial charge in [0, 0.05) is 37.8 Å². The van der Waals surface area contributed by atoms with Crippen molar-refractivity contribution in [1.29, 1.82) is 0 Å². The lowest BCUT2D eigenvalue weighted by Gasteiger charge is -2.39. The highest BCUT2D eigenvalue weighted by molar-refractivity contribution is 5.85. The number of rotatable bonds is 5. The maximum Gasteiger partial charge on any atom is 0.416 e. The van der Waals surface area contributed by atoms with Gasteiger partial charge in [0.05, 0.1) is 5.56 Å². The number of alkyl halides is 3. The predicted octanol–water partition coefficient (Wildman–Crippen LogP) is 4.65. The van der Waals surface area contributed by atoms with Gasteiger partial charge in [-0.2, -0.15) is 13.2 Å². The molecule has 0 saturated carbocycles. The van der Waals surface area contributed by atoms with Crippen molar-refractivity contribution in [1.82, 2.24) is 10.2 Å². The van der Waals surface area contributed by atoms with Crippen LogP contribution in [0.25, 0.3) is 0 Å². The minimum Gasteiger partial charge on any atom is -0.314 e. The summed E-state index contributed by atoms with van der Waals surface area (Å²) in [5.41, 5.74) is -0.611. The standard InChI is InChI=1S/C17H24F4N2.ClH/c1-3-4-12(2)16(23-9-7-22-8-10-23)14-11-13(17(19,20)21)5-6-15(14)18;/h5-6,11-12,16,22H,3-4,7-10H2,1-2H3;1H/t12?,16-;/m1./s1. The van der Waals surface area contributed by atoms with Crippen LogP contribution in [0, 0.1) is 11.7 Å². The van der Waals surface area contributed by atoms with Crippen LogP contribution >= 0.6 is 12.4 Å². The molecule has 1 aliphatic heterocycles. The van der Waals surface area contributed by atoms with Gasteiger partial charge in [0.15, 0.2) is 0 Å². The Morgan fingerprint density at radius 3 is 2.38 bits per heavy atom. The number of nitrogens with zero attached hydrogens (tertiary/aromatic N) is 1. The molecule has 0 radical (unpaired) electrons. The van der Waals surface area contributed by atoms with Gasteiger partial charge in [-0.3, -0.25) is 4.90 Å². The molecule has 1 aromatic rings. The molecule has 138 valence electrons. The van der Waals surface area contributed by atoms with Gasteiger partial charge in [-0.1, -0.05) is 20.3 Å². The van der Waals surface area contributed by atoms with E-state index in [0.717, 1.165) is 44.1 Å². The van der Waals surface area contributed by atoms with Crippen molar-refractivity contribution in [2.75, 3.05) is 26.2 Å². The van der Waals surface area contributed by atoms with Gasteiger partial charge < -0.3 is 5.32 Å². The minimum absolute atomic E-state index is 0. The van der Waals surface area contributed by atoms with Gasteiger partial charge in [-0.15, -0.1) is 12.4 Å². The van der Waals surface area contributed by atoms with Crippen LogP contribution in [0.4, 0.5) is 17.6 Å². The third-order valence-corrected chi connectivity index (χ3v) is 4.47. The van der Waals surface area contributed by atoms with Crippen LogP contribution in [-0.2, 0) is 6.18 Å². The zero-order valence-electron chi connectivity index (χ0n) is 14.0. The van der Waals surface area contributed by atoms with Gasteiger partial charge in [0.1, 0.15) is 5.82 Å². The van der Waals surface area contributed by atoms with Crippen LogP contribution in [0.5, 0.6) is 0 Å². The van der Waals surface area contributed by atoms with Gasteiger partial charge in [-0.25, -0.2) is 4.39 Å². The van der Waals surface area contributed by atoms with Crippen molar-refractivity contribution in [3.8, 4) is 0 Å². The molecule has 2 atom stereocenters. The van der Waals surface area contributed by atoms with Crippen molar-refractivity contribution in [2.45, 2.75) is 38.9 Å². The van der Waals surface area contributed by atoms with Crippen molar-refractivity contribution < 1.29 is 17.6 Å². The number of hydrogen-bond donors (Lipinski definition) is 1. The summed E-state index contributed by atoms with van der Waals surface area (Å²) >= 11 is 0. The number of halogens is 5. The molecule has 1 saturated heterocycles. The molecular formula is C17H25ClF4N2. The summed E-state index contributed by atoms with van der Waals surface area (Å²) in [7, 11) is 0. The molecule has 1 heterocycles. The average molecular weight is 369 g/mol. The molecule has 1 aromatic carbocycles. The van der Waals surface area contributed by atoms with E-state index in [1.807, 2.05) is 13.8 Å². The van der Waals surface area contributed by atoms with Crippen LogP contribution in [0.2, 0.25) is 0 Å². The van der Waals surface area contributed by atoms with E-state index >= 15 is 0 Å². The molecule has 0 amide bonds. The fraction of sp³-hybridized carbons (Fsp3) is 0.647. The van der Waals surface area contributed by atoms with E-state index in [1.165, 1.54) is 0 Å². The number of hydrogen-bond acceptors (Lipinski definition) is 2. The number of benzene rings is 1. The minimum atomic E-state index is -4.45. The average Bonchev–Trinajstić information content (AvgIpc) is 2.49. The first-order valence-corrected chi connectivity index (χ1v) is 8.16. The fourth-order valence-corrected chi connectivity index (χ4v) is 3.38. The molecule has 0 aliphatic carbocycles. The highest BCUT2D eigenvalue weighted by Crippen LogP contribution is 2.37. The largest absolute Gasteiger partial charge is 0.416 e. The second-order valence-electron chi connectivity index (χ2n) is 6.23. The second kappa shape index (κ2) is 9.02. The summed E-state index contributed by atoms with van der Waals surface area (Å²) in [6, 6.07) is 2.44. The van der Waals surface area contributed by atoms with E-state index in [2.05, 4.69) is 10.2 Å². The summed E-state index contributed by atoms with van der Waals surface area (Å²) in [6.45, 7) is 7.01. The number of nitrogens with one attached hydrogen (secondary N) is 1. The van der Waals surface area contributed by atoms with Crippen LogP contribution in [0.15, 0.2) is 18.2 Å². The fourth-order valence-electron chi connectivity index (χ4n) is 3.38. The van der Waals surface area contributed by atoms with Crippen molar-refractivity contribution >= 4 is 12.4 Å². The Balaban J connectivity index is 0.00000288. The van der Waals surface area contributed by atoms with Crippen molar-refractivity contribution in [2.24, 2.45) is 5.92 Å². The van der Waals surface area contributed by atoms with Crippen molar-refractivity contribution in [3.63, 3.8) is 0 Å². The third kappa shape index (κ3) is 5.07. The van der Waals surface area contributed by atoms with Gasteiger partial charge >= 0.3 is 6.18 Å². The normalized spacial score (nSPS) is 18.8. The quantitative estimate of drug-likeness (QED) is 0.761. The van der Waals surface area contributed by atoms with E-state index in [1.54, 1.807) is 0 Å². The molecule has 1 fully saturated rings. The lowest BCUT2D eigenvalue weighted by Crippen LogP contribution is -2.46. The van der Waals surface area contributed by atoms with Gasteiger partial charge in [0.25, 0.3) is 0 Å². The SMILES string of the molecule is CCCC(C)[C@H](c1cc(C(F)(F)F)ccc1F)N1CCNCC1.Cl. The maximum atomic E-state index is 14.4. The molecule has 1 unspecified atom stereocenters. The zero-order chi connectivity index (χ0) is 17.0. The topological polar surface area (TPSA) is 15.3 Å². The first-order valence-electron chi connectivity index (χ1n) is 8.16. The Hall–Kier alpha value is -0.850. The van der Waals surface area contributed by atoms with Crippen LogP contribution < -0.4 is 5.32 Å². The monoisotopic (exact) mass is 368 g/mol. The van der Waals surface area contributed by atoms with E-state index in [0.29, 0.717) is 13.1 Å². The molecule has 2 rings (SSSR count). The molecular weight excluding hydrogens is 344 g/mol. The summed E-state index contributed by atoms with van der Waals surface area (Å²) in [6.07, 6.45) is -2.68. The Morgan fingerprint density at radius 2 is 1.83 bits per heavy atom. The molecule has 2 nitrogen and oxygen atoms in total. The van der Waals surface area contributed by atoms with Crippen LogP contribution in [0.1, 0.15) is 43.9 Å². The molecule has 1 N–H and O–H groups in total. The van der Waals surface area contributed by atoms with Gasteiger partial charge in [-0.05, 0) is 30.5 Å². The molecule has 0 spiro atoms. The predicted molar refractivity (Wildman–Crippen MR) is 89.9 cm³/mol. The molecule has 24 heavy (non-hydrogen) atoms.